The topological polar surface area (TPSA) is 42.7 Å². The third-order valence-corrected chi connectivity index (χ3v) is 1.84. The van der Waals surface area contributed by atoms with Gasteiger partial charge in [-0.3, -0.25) is 0 Å². The number of nitrogens with zero attached hydrogens (tertiary/aromatic N) is 3. The first-order valence-electron chi connectivity index (χ1n) is 4.56. The zero-order valence-corrected chi connectivity index (χ0v) is 8.03. The quantitative estimate of drug-likeness (QED) is 0.524. The van der Waals surface area contributed by atoms with Crippen molar-refractivity contribution in [3.8, 4) is 0 Å². The summed E-state index contributed by atoms with van der Waals surface area (Å²) in [4.78, 5) is 0. The fraction of sp³-hybridized carbons (Fsp3) is 0.556. The minimum Gasteiger partial charge on any atom is -0.317 e. The molecule has 0 radical (unpaired) electrons. The molecule has 0 fully saturated rings. The second-order valence-electron chi connectivity index (χ2n) is 2.79. The molecule has 0 aliphatic carbocycles. The van der Waals surface area contributed by atoms with Crippen molar-refractivity contribution < 1.29 is 0 Å². The van der Waals surface area contributed by atoms with Crippen molar-refractivity contribution in [2.75, 3.05) is 6.54 Å². The van der Waals surface area contributed by atoms with Gasteiger partial charge < -0.3 is 9.88 Å². The molecular formula is C9H16N4. The summed E-state index contributed by atoms with van der Waals surface area (Å²) in [5.74, 6) is 0.992. The number of hydrogen-bond acceptors (Lipinski definition) is 3. The van der Waals surface area contributed by atoms with Gasteiger partial charge in [0.15, 0.2) is 0 Å². The van der Waals surface area contributed by atoms with Crippen molar-refractivity contribution >= 4 is 0 Å². The molecule has 0 amide bonds. The average molecular weight is 180 g/mol. The molecule has 0 saturated carbocycles. The van der Waals surface area contributed by atoms with Gasteiger partial charge in [-0.1, -0.05) is 6.08 Å². The predicted octanol–water partition coefficient (Wildman–Crippen LogP) is 0.964. The second kappa shape index (κ2) is 5.48. The maximum absolute atomic E-state index is 4.01. The lowest BCUT2D eigenvalue weighted by Gasteiger charge is -2.03. The van der Waals surface area contributed by atoms with E-state index in [1.807, 2.05) is 10.6 Å². The Morgan fingerprint density at radius 3 is 3.23 bits per heavy atom. The van der Waals surface area contributed by atoms with Crippen LogP contribution in [0, 0.1) is 0 Å². The Labute approximate surface area is 78.7 Å². The molecule has 1 rings (SSSR count). The summed E-state index contributed by atoms with van der Waals surface area (Å²) in [5.41, 5.74) is 0. The molecule has 1 N–H and O–H groups in total. The lowest BCUT2D eigenvalue weighted by Crippen LogP contribution is -2.17. The zero-order valence-electron chi connectivity index (χ0n) is 8.03. The molecule has 4 heteroatoms. The highest BCUT2D eigenvalue weighted by Crippen LogP contribution is 1.93. The van der Waals surface area contributed by atoms with Crippen molar-refractivity contribution in [1.82, 2.24) is 20.1 Å². The first-order chi connectivity index (χ1) is 6.38. The van der Waals surface area contributed by atoms with Crippen LogP contribution in [0.4, 0.5) is 0 Å². The van der Waals surface area contributed by atoms with E-state index in [2.05, 4.69) is 29.0 Å². The van der Waals surface area contributed by atoms with Gasteiger partial charge in [-0.25, -0.2) is 0 Å². The summed E-state index contributed by atoms with van der Waals surface area (Å²) in [6, 6.07) is 0. The Hall–Kier alpha value is -1.16. The average Bonchev–Trinajstić information content (AvgIpc) is 2.60. The van der Waals surface area contributed by atoms with E-state index in [0.29, 0.717) is 0 Å². The van der Waals surface area contributed by atoms with Crippen molar-refractivity contribution in [3.63, 3.8) is 0 Å². The lowest BCUT2D eigenvalue weighted by molar-refractivity contribution is 0.616. The summed E-state index contributed by atoms with van der Waals surface area (Å²) >= 11 is 0. The Morgan fingerprint density at radius 2 is 2.54 bits per heavy atom. The molecule has 0 atom stereocenters. The monoisotopic (exact) mass is 180 g/mol. The SMILES string of the molecule is C=CCCNCc1nncn1CC. The Bertz CT molecular complexity index is 254. The van der Waals surface area contributed by atoms with Crippen LogP contribution in [-0.4, -0.2) is 21.3 Å². The normalized spacial score (nSPS) is 10.2. The molecule has 0 aromatic carbocycles. The van der Waals surface area contributed by atoms with Crippen LogP contribution in [0.15, 0.2) is 19.0 Å². The van der Waals surface area contributed by atoms with Gasteiger partial charge in [0.25, 0.3) is 0 Å². The van der Waals surface area contributed by atoms with Crippen molar-refractivity contribution in [1.29, 1.82) is 0 Å². The molecule has 1 aromatic rings. The molecule has 0 unspecified atom stereocenters. The van der Waals surface area contributed by atoms with Gasteiger partial charge in [0.05, 0.1) is 6.54 Å². The van der Waals surface area contributed by atoms with Crippen LogP contribution >= 0.6 is 0 Å². The Kier molecular flexibility index (Phi) is 4.18. The predicted molar refractivity (Wildman–Crippen MR) is 52.2 cm³/mol. The van der Waals surface area contributed by atoms with Crippen molar-refractivity contribution in [2.45, 2.75) is 26.4 Å². The van der Waals surface area contributed by atoms with E-state index in [9.17, 15) is 0 Å². The maximum atomic E-state index is 4.01. The van der Waals surface area contributed by atoms with Crippen LogP contribution in [0.25, 0.3) is 0 Å². The van der Waals surface area contributed by atoms with E-state index < -0.39 is 0 Å². The minimum atomic E-state index is 0.779. The molecule has 0 aliphatic rings. The van der Waals surface area contributed by atoms with E-state index in [-0.39, 0.29) is 0 Å². The smallest absolute Gasteiger partial charge is 0.146 e. The molecule has 1 heterocycles. The number of aryl methyl sites for hydroxylation is 1. The molecule has 72 valence electrons. The molecule has 4 nitrogen and oxygen atoms in total. The zero-order chi connectivity index (χ0) is 9.52. The third-order valence-electron chi connectivity index (χ3n) is 1.84. The highest BCUT2D eigenvalue weighted by molar-refractivity contribution is 4.84. The Morgan fingerprint density at radius 1 is 1.69 bits per heavy atom. The van der Waals surface area contributed by atoms with E-state index in [4.69, 9.17) is 0 Å². The summed E-state index contributed by atoms with van der Waals surface area (Å²) in [5, 5.41) is 11.1. The van der Waals surface area contributed by atoms with Gasteiger partial charge in [-0.2, -0.15) is 0 Å². The lowest BCUT2D eigenvalue weighted by atomic mass is 10.4. The summed E-state index contributed by atoms with van der Waals surface area (Å²) in [6.45, 7) is 8.38. The van der Waals surface area contributed by atoms with Crippen LogP contribution in [0.1, 0.15) is 19.2 Å². The van der Waals surface area contributed by atoms with E-state index in [1.54, 1.807) is 6.33 Å². The highest BCUT2D eigenvalue weighted by atomic mass is 15.3. The Balaban J connectivity index is 2.31. The molecule has 0 spiro atoms. The molecular weight excluding hydrogens is 164 g/mol. The standard InChI is InChI=1S/C9H16N4/c1-3-5-6-10-7-9-12-11-8-13(9)4-2/h3,8,10H,1,4-7H2,2H3. The first kappa shape index (κ1) is 9.92. The number of hydrogen-bond donors (Lipinski definition) is 1. The van der Waals surface area contributed by atoms with Gasteiger partial charge in [0, 0.05) is 6.54 Å². The third kappa shape index (κ3) is 2.99. The van der Waals surface area contributed by atoms with Crippen molar-refractivity contribution in [2.24, 2.45) is 0 Å². The minimum absolute atomic E-state index is 0.779. The number of aromatic nitrogens is 3. The van der Waals surface area contributed by atoms with Gasteiger partial charge in [-0.05, 0) is 19.9 Å². The van der Waals surface area contributed by atoms with Crippen LogP contribution in [-0.2, 0) is 13.1 Å². The number of rotatable bonds is 6. The number of nitrogens with one attached hydrogen (secondary N) is 1. The van der Waals surface area contributed by atoms with E-state index >= 15 is 0 Å². The van der Waals surface area contributed by atoms with E-state index in [1.165, 1.54) is 0 Å². The summed E-state index contributed by atoms with van der Waals surface area (Å²) in [6.07, 6.45) is 4.64. The van der Waals surface area contributed by atoms with E-state index in [0.717, 1.165) is 31.9 Å². The van der Waals surface area contributed by atoms with Gasteiger partial charge >= 0.3 is 0 Å². The summed E-state index contributed by atoms with van der Waals surface area (Å²) in [7, 11) is 0. The first-order valence-corrected chi connectivity index (χ1v) is 4.56. The van der Waals surface area contributed by atoms with Gasteiger partial charge in [0.2, 0.25) is 0 Å². The van der Waals surface area contributed by atoms with Crippen LogP contribution < -0.4 is 5.32 Å². The highest BCUT2D eigenvalue weighted by Gasteiger charge is 1.99. The maximum Gasteiger partial charge on any atom is 0.146 e. The molecule has 0 saturated heterocycles. The molecule has 1 aromatic heterocycles. The summed E-state index contributed by atoms with van der Waals surface area (Å²) < 4.78 is 2.03. The van der Waals surface area contributed by atoms with Gasteiger partial charge in [0.1, 0.15) is 12.2 Å². The van der Waals surface area contributed by atoms with Crippen LogP contribution in [0.2, 0.25) is 0 Å². The molecule has 0 aliphatic heterocycles. The largest absolute Gasteiger partial charge is 0.317 e. The van der Waals surface area contributed by atoms with Gasteiger partial charge in [-0.15, -0.1) is 16.8 Å². The molecule has 13 heavy (non-hydrogen) atoms. The fourth-order valence-corrected chi connectivity index (χ4v) is 1.08. The fourth-order valence-electron chi connectivity index (χ4n) is 1.08. The molecule has 0 bridgehead atoms. The second-order valence-corrected chi connectivity index (χ2v) is 2.79. The van der Waals surface area contributed by atoms with Crippen LogP contribution in [0.3, 0.4) is 0 Å². The van der Waals surface area contributed by atoms with Crippen molar-refractivity contribution in [3.05, 3.63) is 24.8 Å². The van der Waals surface area contributed by atoms with Crippen LogP contribution in [0.5, 0.6) is 0 Å².